The molecule has 258 valence electrons. The molecule has 0 aliphatic heterocycles. The van der Waals surface area contributed by atoms with Crippen LogP contribution in [0.4, 0.5) is 0 Å². The van der Waals surface area contributed by atoms with Crippen molar-refractivity contribution in [3.8, 4) is 0 Å². The fourth-order valence-corrected chi connectivity index (χ4v) is 6.83. The Morgan fingerprint density at radius 1 is 0.438 bits per heavy atom. The summed E-state index contributed by atoms with van der Waals surface area (Å²) >= 11 is 0. The second-order valence-corrected chi connectivity index (χ2v) is 13.4. The highest BCUT2D eigenvalue weighted by Crippen LogP contribution is 2.36. The average molecular weight is 653 g/mol. The SMILES string of the molecule is Cc1cccc(C)c1C(OCC(O)CNCCNCC(O)COC(c1c(C)cccc1C)c1c(C)cccc1C)c1c(C)cccc1C. The topological polar surface area (TPSA) is 83.0 Å². The molecule has 0 heterocycles. The van der Waals surface area contributed by atoms with E-state index >= 15 is 0 Å². The highest BCUT2D eigenvalue weighted by molar-refractivity contribution is 5.47. The lowest BCUT2D eigenvalue weighted by molar-refractivity contribution is 0.00460. The van der Waals surface area contributed by atoms with Gasteiger partial charge in [0.1, 0.15) is 12.2 Å². The second kappa shape index (κ2) is 17.9. The first-order valence-corrected chi connectivity index (χ1v) is 17.2. The minimum absolute atomic E-state index is 0.213. The van der Waals surface area contributed by atoms with Crippen LogP contribution in [0.1, 0.15) is 79.0 Å². The molecule has 2 unspecified atom stereocenters. The minimum atomic E-state index is -0.660. The molecule has 0 aromatic heterocycles. The first-order chi connectivity index (χ1) is 23.0. The summed E-state index contributed by atoms with van der Waals surface area (Å²) in [5.41, 5.74) is 14.1. The van der Waals surface area contributed by atoms with Crippen LogP contribution in [0.2, 0.25) is 0 Å². The van der Waals surface area contributed by atoms with E-state index < -0.39 is 12.2 Å². The van der Waals surface area contributed by atoms with Gasteiger partial charge in [-0.1, -0.05) is 72.8 Å². The number of aliphatic hydroxyl groups excluding tert-OH is 2. The molecule has 0 spiro atoms. The van der Waals surface area contributed by atoms with E-state index in [2.05, 4.69) is 139 Å². The van der Waals surface area contributed by atoms with Gasteiger partial charge in [-0.05, 0) is 122 Å². The maximum atomic E-state index is 10.8. The zero-order chi connectivity index (χ0) is 34.8. The van der Waals surface area contributed by atoms with Crippen LogP contribution < -0.4 is 10.6 Å². The number of hydrogen-bond donors (Lipinski definition) is 4. The molecule has 0 aliphatic carbocycles. The zero-order valence-corrected chi connectivity index (χ0v) is 30.2. The van der Waals surface area contributed by atoms with Gasteiger partial charge in [-0.2, -0.15) is 0 Å². The monoisotopic (exact) mass is 652 g/mol. The summed E-state index contributed by atoms with van der Waals surface area (Å²) in [7, 11) is 0. The van der Waals surface area contributed by atoms with Crippen LogP contribution in [-0.4, -0.2) is 61.8 Å². The summed E-state index contributed by atoms with van der Waals surface area (Å²) in [6.07, 6.45) is -1.83. The number of ether oxygens (including phenoxy) is 2. The fourth-order valence-electron chi connectivity index (χ4n) is 6.83. The Labute approximate surface area is 288 Å². The molecule has 0 amide bonds. The summed E-state index contributed by atoms with van der Waals surface area (Å²) in [5, 5.41) is 28.3. The standard InChI is InChI=1S/C42H56N2O4/c1-27-13-9-14-28(2)37(27)41(38-29(3)15-10-16-30(38)4)47-25-35(45)23-43-21-22-44-24-36(46)26-48-42(39-31(5)17-11-18-32(39)6)40-33(7)19-12-20-34(40)8/h9-20,35-36,41-46H,21-26H2,1-8H3. The van der Waals surface area contributed by atoms with Crippen LogP contribution in [0, 0.1) is 55.4 Å². The molecule has 0 saturated heterocycles. The van der Waals surface area contributed by atoms with Gasteiger partial charge in [0.25, 0.3) is 0 Å². The molecule has 4 aromatic rings. The molecule has 48 heavy (non-hydrogen) atoms. The smallest absolute Gasteiger partial charge is 0.109 e. The van der Waals surface area contributed by atoms with Gasteiger partial charge < -0.3 is 30.3 Å². The van der Waals surface area contributed by atoms with E-state index in [0.717, 1.165) is 22.3 Å². The molecule has 4 N–H and O–H groups in total. The van der Waals surface area contributed by atoms with Crippen molar-refractivity contribution in [1.82, 2.24) is 10.6 Å². The normalized spacial score (nSPS) is 13.0. The fraction of sp³-hybridized carbons (Fsp3) is 0.429. The lowest BCUT2D eigenvalue weighted by atomic mass is 9.88. The molecule has 4 rings (SSSR count). The van der Waals surface area contributed by atoms with E-state index in [1.165, 1.54) is 44.5 Å². The van der Waals surface area contributed by atoms with Crippen molar-refractivity contribution in [3.05, 3.63) is 140 Å². The van der Waals surface area contributed by atoms with Crippen LogP contribution >= 0.6 is 0 Å². The predicted octanol–water partition coefficient (Wildman–Crippen LogP) is 6.97. The first kappa shape index (κ1) is 37.5. The maximum absolute atomic E-state index is 10.8. The van der Waals surface area contributed by atoms with Crippen LogP contribution in [0.15, 0.2) is 72.8 Å². The first-order valence-electron chi connectivity index (χ1n) is 17.2. The molecule has 0 aliphatic rings. The van der Waals surface area contributed by atoms with Crippen molar-refractivity contribution >= 4 is 0 Å². The van der Waals surface area contributed by atoms with Gasteiger partial charge in [-0.3, -0.25) is 0 Å². The molecule has 0 radical (unpaired) electrons. The van der Waals surface area contributed by atoms with Gasteiger partial charge in [0, 0.05) is 26.2 Å². The van der Waals surface area contributed by atoms with Crippen LogP contribution in [0.5, 0.6) is 0 Å². The Kier molecular flexibility index (Phi) is 13.9. The van der Waals surface area contributed by atoms with E-state index in [1.807, 2.05) is 0 Å². The van der Waals surface area contributed by atoms with E-state index in [1.54, 1.807) is 0 Å². The number of nitrogens with one attached hydrogen (secondary N) is 2. The number of hydrogen-bond acceptors (Lipinski definition) is 6. The van der Waals surface area contributed by atoms with Crippen molar-refractivity contribution in [2.45, 2.75) is 79.8 Å². The van der Waals surface area contributed by atoms with Crippen molar-refractivity contribution in [1.29, 1.82) is 0 Å². The van der Waals surface area contributed by atoms with Crippen LogP contribution in [0.3, 0.4) is 0 Å². The third-order valence-electron chi connectivity index (χ3n) is 9.37. The lowest BCUT2D eigenvalue weighted by Crippen LogP contribution is -2.38. The molecular formula is C42H56N2O4. The van der Waals surface area contributed by atoms with Gasteiger partial charge in [0.15, 0.2) is 0 Å². The number of rotatable bonds is 17. The Balaban J connectivity index is 1.25. The van der Waals surface area contributed by atoms with Crippen molar-refractivity contribution < 1.29 is 19.7 Å². The molecule has 6 nitrogen and oxygen atoms in total. The van der Waals surface area contributed by atoms with Crippen LogP contribution in [-0.2, 0) is 9.47 Å². The Morgan fingerprint density at radius 2 is 0.667 bits per heavy atom. The van der Waals surface area contributed by atoms with Crippen molar-refractivity contribution in [3.63, 3.8) is 0 Å². The predicted molar refractivity (Wildman–Crippen MR) is 197 cm³/mol. The van der Waals surface area contributed by atoms with Gasteiger partial charge in [0.05, 0.1) is 25.4 Å². The maximum Gasteiger partial charge on any atom is 0.109 e. The minimum Gasteiger partial charge on any atom is -0.389 e. The molecule has 0 fully saturated rings. The second-order valence-electron chi connectivity index (χ2n) is 13.4. The van der Waals surface area contributed by atoms with E-state index in [0.29, 0.717) is 26.2 Å². The average Bonchev–Trinajstić information content (AvgIpc) is 3.03. The number of aryl methyl sites for hydroxylation is 8. The van der Waals surface area contributed by atoms with Crippen molar-refractivity contribution in [2.75, 3.05) is 39.4 Å². The summed E-state index contributed by atoms with van der Waals surface area (Å²) in [6, 6.07) is 25.3. The summed E-state index contributed by atoms with van der Waals surface area (Å²) in [6.45, 7) is 19.5. The van der Waals surface area contributed by atoms with Gasteiger partial charge in [-0.25, -0.2) is 0 Å². The third-order valence-corrected chi connectivity index (χ3v) is 9.37. The number of aliphatic hydroxyl groups is 2. The molecule has 2 atom stereocenters. The summed E-state index contributed by atoms with van der Waals surface area (Å²) < 4.78 is 13.0. The molecule has 4 aromatic carbocycles. The molecule has 0 bridgehead atoms. The lowest BCUT2D eigenvalue weighted by Gasteiger charge is -2.27. The molecule has 0 saturated carbocycles. The highest BCUT2D eigenvalue weighted by atomic mass is 16.5. The summed E-state index contributed by atoms with van der Waals surface area (Å²) in [5.74, 6) is 0. The third kappa shape index (κ3) is 9.63. The molecule has 6 heteroatoms. The zero-order valence-electron chi connectivity index (χ0n) is 30.2. The highest BCUT2D eigenvalue weighted by Gasteiger charge is 2.25. The van der Waals surface area contributed by atoms with E-state index in [-0.39, 0.29) is 25.4 Å². The summed E-state index contributed by atoms with van der Waals surface area (Å²) in [4.78, 5) is 0. The van der Waals surface area contributed by atoms with Crippen LogP contribution in [0.25, 0.3) is 0 Å². The van der Waals surface area contributed by atoms with Gasteiger partial charge in [-0.15, -0.1) is 0 Å². The number of benzene rings is 4. The molecular weight excluding hydrogens is 596 g/mol. The Bertz CT molecular complexity index is 1330. The van der Waals surface area contributed by atoms with Gasteiger partial charge in [0.2, 0.25) is 0 Å². The quantitative estimate of drug-likeness (QED) is 0.0923. The Hall–Kier alpha value is -3.36. The van der Waals surface area contributed by atoms with E-state index in [9.17, 15) is 10.2 Å². The van der Waals surface area contributed by atoms with Gasteiger partial charge >= 0.3 is 0 Å². The van der Waals surface area contributed by atoms with Crippen molar-refractivity contribution in [2.24, 2.45) is 0 Å². The largest absolute Gasteiger partial charge is 0.389 e. The van der Waals surface area contributed by atoms with E-state index in [4.69, 9.17) is 9.47 Å². The Morgan fingerprint density at radius 3 is 0.896 bits per heavy atom.